The average Bonchev–Trinajstić information content (AvgIpc) is 3.03. The summed E-state index contributed by atoms with van der Waals surface area (Å²) in [6, 6.07) is 0. The lowest BCUT2D eigenvalue weighted by molar-refractivity contribution is -0.131. The summed E-state index contributed by atoms with van der Waals surface area (Å²) in [5.74, 6) is 2.39. The molecule has 7 atom stereocenters. The van der Waals surface area contributed by atoms with Crippen molar-refractivity contribution in [3.63, 3.8) is 0 Å². The molecule has 0 aliphatic heterocycles. The molecule has 0 aromatic rings. The topological polar surface area (TPSA) is 20.2 Å². The Morgan fingerprint density at radius 2 is 1.58 bits per heavy atom. The highest BCUT2D eigenvalue weighted by molar-refractivity contribution is 5.27. The Bertz CT molecular complexity index is 427. The minimum absolute atomic E-state index is 0.371. The van der Waals surface area contributed by atoms with Crippen LogP contribution in [0.1, 0.15) is 72.6 Å². The van der Waals surface area contributed by atoms with Crippen molar-refractivity contribution in [3.8, 4) is 0 Å². The van der Waals surface area contributed by atoms with Gasteiger partial charge in [-0.1, -0.05) is 20.8 Å². The maximum atomic E-state index is 10.8. The lowest BCUT2D eigenvalue weighted by Crippen LogP contribution is -2.54. The van der Waals surface area contributed by atoms with E-state index in [1.54, 1.807) is 0 Å². The van der Waals surface area contributed by atoms with Crippen LogP contribution in [0.5, 0.6) is 0 Å². The molecule has 19 heavy (non-hydrogen) atoms. The Hall–Kier alpha value is -0.0400. The molecule has 1 N–H and O–H groups in total. The smallest absolute Gasteiger partial charge is 0.0653 e. The van der Waals surface area contributed by atoms with Crippen LogP contribution in [0.25, 0.3) is 0 Å². The molecule has 4 aliphatic carbocycles. The molecule has 1 spiro atoms. The first-order valence-electron chi connectivity index (χ1n) is 8.49. The second kappa shape index (κ2) is 3.24. The maximum Gasteiger partial charge on any atom is 0.0653 e. The quantitative estimate of drug-likeness (QED) is 0.686. The molecule has 4 saturated carbocycles. The van der Waals surface area contributed by atoms with Crippen molar-refractivity contribution in [1.82, 2.24) is 0 Å². The number of fused-ring (bicyclic) bond motifs is 1. The van der Waals surface area contributed by atoms with Crippen molar-refractivity contribution in [2.75, 3.05) is 0 Å². The minimum atomic E-state index is -0.371. The van der Waals surface area contributed by atoms with Crippen LogP contribution in [0.3, 0.4) is 0 Å². The standard InChI is InChI=1S/C18H30O/c1-12-5-6-13-16(12,3)9-7-15(2)8-10-17(4,19)14-11-18(13,14)15/h12-14,19H,5-11H2,1-4H3/t12-,13+,14-,15-,16+,17+,18+/m0/s1. The van der Waals surface area contributed by atoms with Crippen molar-refractivity contribution in [2.24, 2.45) is 34.0 Å². The van der Waals surface area contributed by atoms with E-state index < -0.39 is 0 Å². The van der Waals surface area contributed by atoms with Crippen molar-refractivity contribution >= 4 is 0 Å². The molecule has 0 radical (unpaired) electrons. The molecule has 0 saturated heterocycles. The second-order valence-corrected chi connectivity index (χ2v) is 9.25. The molecular formula is C18H30O. The van der Waals surface area contributed by atoms with E-state index in [0.717, 1.165) is 18.3 Å². The van der Waals surface area contributed by atoms with Crippen LogP contribution in [0.4, 0.5) is 0 Å². The summed E-state index contributed by atoms with van der Waals surface area (Å²) in [7, 11) is 0. The molecule has 0 unspecified atom stereocenters. The van der Waals surface area contributed by atoms with E-state index in [0.29, 0.717) is 22.2 Å². The van der Waals surface area contributed by atoms with Crippen molar-refractivity contribution in [1.29, 1.82) is 0 Å². The van der Waals surface area contributed by atoms with Crippen LogP contribution in [-0.4, -0.2) is 10.7 Å². The molecule has 0 bridgehead atoms. The summed E-state index contributed by atoms with van der Waals surface area (Å²) in [5.41, 5.74) is 1.24. The highest BCUT2D eigenvalue weighted by atomic mass is 16.3. The number of hydrogen-bond donors (Lipinski definition) is 1. The van der Waals surface area contributed by atoms with Crippen LogP contribution in [-0.2, 0) is 0 Å². The van der Waals surface area contributed by atoms with Gasteiger partial charge >= 0.3 is 0 Å². The van der Waals surface area contributed by atoms with Gasteiger partial charge in [0.15, 0.2) is 0 Å². The van der Waals surface area contributed by atoms with E-state index in [2.05, 4.69) is 27.7 Å². The molecule has 4 fully saturated rings. The van der Waals surface area contributed by atoms with E-state index in [1.165, 1.54) is 38.5 Å². The van der Waals surface area contributed by atoms with Gasteiger partial charge in [0.25, 0.3) is 0 Å². The SMILES string of the molecule is C[C@H]1CC[C@@H]2[C@]1(C)CC[C@@]1(C)CC[C@@](C)(O)[C@@H]3C[C@@]231. The Labute approximate surface area is 118 Å². The molecule has 4 aliphatic rings. The molecule has 1 heteroatoms. The van der Waals surface area contributed by atoms with Gasteiger partial charge in [0.2, 0.25) is 0 Å². The fourth-order valence-electron chi connectivity index (χ4n) is 7.05. The molecule has 0 aromatic heterocycles. The summed E-state index contributed by atoms with van der Waals surface area (Å²) in [4.78, 5) is 0. The summed E-state index contributed by atoms with van der Waals surface area (Å²) >= 11 is 0. The molecule has 108 valence electrons. The maximum absolute atomic E-state index is 10.8. The van der Waals surface area contributed by atoms with Crippen LogP contribution >= 0.6 is 0 Å². The first-order chi connectivity index (χ1) is 8.76. The minimum Gasteiger partial charge on any atom is -0.390 e. The summed E-state index contributed by atoms with van der Waals surface area (Å²) in [6.45, 7) is 9.74. The normalized spacial score (nSPS) is 67.1. The zero-order valence-electron chi connectivity index (χ0n) is 13.1. The van der Waals surface area contributed by atoms with Gasteiger partial charge in [0, 0.05) is 0 Å². The summed E-state index contributed by atoms with van der Waals surface area (Å²) in [5, 5.41) is 10.8. The third-order valence-corrected chi connectivity index (χ3v) is 8.71. The fraction of sp³-hybridized carbons (Fsp3) is 1.00. The number of rotatable bonds is 0. The first kappa shape index (κ1) is 12.7. The third kappa shape index (κ3) is 1.23. The Morgan fingerprint density at radius 3 is 2.32 bits per heavy atom. The van der Waals surface area contributed by atoms with E-state index in [-0.39, 0.29) is 5.60 Å². The Morgan fingerprint density at radius 1 is 0.895 bits per heavy atom. The largest absolute Gasteiger partial charge is 0.390 e. The lowest BCUT2D eigenvalue weighted by Gasteiger charge is -2.58. The van der Waals surface area contributed by atoms with Crippen LogP contribution in [0.15, 0.2) is 0 Å². The molecule has 0 heterocycles. The molecular weight excluding hydrogens is 232 g/mol. The van der Waals surface area contributed by atoms with Gasteiger partial charge in [0.1, 0.15) is 0 Å². The highest BCUT2D eigenvalue weighted by Gasteiger charge is 2.78. The first-order valence-corrected chi connectivity index (χ1v) is 8.49. The van der Waals surface area contributed by atoms with Gasteiger partial charge in [-0.05, 0) is 85.9 Å². The molecule has 0 aromatic carbocycles. The van der Waals surface area contributed by atoms with Gasteiger partial charge < -0.3 is 5.11 Å². The number of aliphatic hydroxyl groups is 1. The zero-order valence-corrected chi connectivity index (χ0v) is 13.1. The van der Waals surface area contributed by atoms with Gasteiger partial charge in [-0.15, -0.1) is 0 Å². The Balaban J connectivity index is 1.79. The van der Waals surface area contributed by atoms with Gasteiger partial charge in [0.05, 0.1) is 5.60 Å². The number of hydrogen-bond acceptors (Lipinski definition) is 1. The van der Waals surface area contributed by atoms with E-state index in [9.17, 15) is 5.11 Å². The van der Waals surface area contributed by atoms with Crippen LogP contribution in [0, 0.1) is 34.0 Å². The monoisotopic (exact) mass is 262 g/mol. The third-order valence-electron chi connectivity index (χ3n) is 8.71. The summed E-state index contributed by atoms with van der Waals surface area (Å²) < 4.78 is 0. The van der Waals surface area contributed by atoms with Gasteiger partial charge in [-0.3, -0.25) is 0 Å². The van der Waals surface area contributed by atoms with Crippen molar-refractivity contribution < 1.29 is 5.11 Å². The van der Waals surface area contributed by atoms with E-state index in [1.807, 2.05) is 0 Å². The van der Waals surface area contributed by atoms with Crippen LogP contribution in [0.2, 0.25) is 0 Å². The van der Waals surface area contributed by atoms with Crippen molar-refractivity contribution in [2.45, 2.75) is 78.2 Å². The average molecular weight is 262 g/mol. The van der Waals surface area contributed by atoms with Gasteiger partial charge in [-0.25, -0.2) is 0 Å². The molecule has 4 rings (SSSR count). The second-order valence-electron chi connectivity index (χ2n) is 9.25. The summed E-state index contributed by atoms with van der Waals surface area (Å²) in [6.07, 6.45) is 9.33. The van der Waals surface area contributed by atoms with Crippen LogP contribution < -0.4 is 0 Å². The van der Waals surface area contributed by atoms with Crippen molar-refractivity contribution in [3.05, 3.63) is 0 Å². The molecule has 0 amide bonds. The van der Waals surface area contributed by atoms with E-state index >= 15 is 0 Å². The lowest BCUT2D eigenvalue weighted by atomic mass is 9.46. The van der Waals surface area contributed by atoms with Gasteiger partial charge in [-0.2, -0.15) is 0 Å². The predicted octanol–water partition coefficient (Wildman–Crippen LogP) is 4.39. The fourth-order valence-corrected chi connectivity index (χ4v) is 7.05. The predicted molar refractivity (Wildman–Crippen MR) is 77.7 cm³/mol. The molecule has 1 nitrogen and oxygen atoms in total. The Kier molecular flexibility index (Phi) is 2.16. The van der Waals surface area contributed by atoms with E-state index in [4.69, 9.17) is 0 Å². The highest BCUT2D eigenvalue weighted by Crippen LogP contribution is 2.83. The zero-order chi connectivity index (χ0) is 13.7.